The van der Waals surface area contributed by atoms with Crippen LogP contribution in [-0.2, 0) is 24.1 Å². The van der Waals surface area contributed by atoms with E-state index in [-0.39, 0.29) is 43.5 Å². The first-order valence-electron chi connectivity index (χ1n) is 13.6. The second-order valence-electron chi connectivity index (χ2n) is 9.62. The predicted molar refractivity (Wildman–Crippen MR) is 159 cm³/mol. The van der Waals surface area contributed by atoms with Gasteiger partial charge in [0.05, 0.1) is 42.5 Å². The average Bonchev–Trinajstić information content (AvgIpc) is 3.02. The maximum atomic E-state index is 13.1. The summed E-state index contributed by atoms with van der Waals surface area (Å²) in [6.45, 7) is 8.10. The Balaban J connectivity index is 0.000000548. The first-order chi connectivity index (χ1) is 20.5. The highest BCUT2D eigenvalue weighted by Gasteiger charge is 2.46. The van der Waals surface area contributed by atoms with E-state index < -0.39 is 31.6 Å². The van der Waals surface area contributed by atoms with E-state index in [2.05, 4.69) is 40.4 Å². The molecule has 3 aliphatic rings. The van der Waals surface area contributed by atoms with Crippen LogP contribution in [0.3, 0.4) is 0 Å². The SMILES string of the molecule is C1COCCN1.CC#CCOc1ccc(S(=O)(=O)CC2(C(=O)NO)CCN(C(=O)N3CCOCC3)CC2)cc1.O=C(Cl)Cl. The minimum Gasteiger partial charge on any atom is -0.481 e. The summed E-state index contributed by atoms with van der Waals surface area (Å²) >= 11 is 8.80. The van der Waals surface area contributed by atoms with Crippen LogP contribution in [0.25, 0.3) is 0 Å². The lowest BCUT2D eigenvalue weighted by atomic mass is 9.79. The quantitative estimate of drug-likeness (QED) is 0.178. The van der Waals surface area contributed by atoms with Crippen LogP contribution in [0, 0.1) is 17.3 Å². The molecule has 3 amide bonds. The third-order valence-electron chi connectivity index (χ3n) is 6.84. The highest BCUT2D eigenvalue weighted by molar-refractivity contribution is 7.91. The number of rotatable bonds is 6. The number of carbonyl (C=O) groups excluding carboxylic acids is 3. The Morgan fingerprint density at radius 1 is 1.00 bits per heavy atom. The van der Waals surface area contributed by atoms with Crippen LogP contribution in [0.2, 0.25) is 0 Å². The molecule has 1 aromatic carbocycles. The summed E-state index contributed by atoms with van der Waals surface area (Å²) in [5, 5.41) is 12.5. The van der Waals surface area contributed by atoms with E-state index in [1.165, 1.54) is 24.3 Å². The van der Waals surface area contributed by atoms with Crippen LogP contribution >= 0.6 is 23.2 Å². The summed E-state index contributed by atoms with van der Waals surface area (Å²) in [5.74, 6) is 4.70. The number of hydroxylamine groups is 1. The van der Waals surface area contributed by atoms with E-state index in [0.29, 0.717) is 32.1 Å². The van der Waals surface area contributed by atoms with Gasteiger partial charge in [0, 0.05) is 39.3 Å². The van der Waals surface area contributed by atoms with E-state index in [9.17, 15) is 23.2 Å². The third kappa shape index (κ3) is 12.5. The molecule has 0 saturated carbocycles. The molecule has 3 N–H and O–H groups in total. The maximum Gasteiger partial charge on any atom is 0.320 e. The van der Waals surface area contributed by atoms with Crippen molar-refractivity contribution in [1.29, 1.82) is 0 Å². The molecular weight excluding hydrogens is 627 g/mol. The highest BCUT2D eigenvalue weighted by Crippen LogP contribution is 2.36. The van der Waals surface area contributed by atoms with Gasteiger partial charge in [-0.3, -0.25) is 14.8 Å². The summed E-state index contributed by atoms with van der Waals surface area (Å²) in [6.07, 6.45) is 0.233. The lowest BCUT2D eigenvalue weighted by molar-refractivity contribution is -0.141. The summed E-state index contributed by atoms with van der Waals surface area (Å²) in [5.41, 5.74) is 0.282. The lowest BCUT2D eigenvalue weighted by Crippen LogP contribution is -2.55. The van der Waals surface area contributed by atoms with Gasteiger partial charge in [-0.2, -0.15) is 0 Å². The number of urea groups is 1. The standard InChI is InChI=1S/C22H29N3O7S.C4H9NO.CCl2O/c1-2-3-14-32-18-4-6-19(7-5-18)33(29,30)17-22(20(26)23-28)8-10-24(11-9-22)21(27)25-12-15-31-16-13-25;1-3-6-4-2-5-1;2-1(3)4/h4-7,28H,8-17H2,1H3,(H,23,26);5H,1-4H2;. The number of benzene rings is 1. The second kappa shape index (κ2) is 18.9. The number of halogens is 2. The summed E-state index contributed by atoms with van der Waals surface area (Å²) in [7, 11) is -3.86. The number of piperidine rings is 1. The maximum absolute atomic E-state index is 13.1. The van der Waals surface area contributed by atoms with E-state index in [1.54, 1.807) is 22.2 Å². The fourth-order valence-corrected chi connectivity index (χ4v) is 6.40. The molecule has 0 radical (unpaired) electrons. The number of ether oxygens (including phenoxy) is 3. The number of sulfone groups is 1. The number of carbonyl (C=O) groups is 3. The topological polar surface area (TPSA) is 164 Å². The molecule has 0 bridgehead atoms. The van der Waals surface area contributed by atoms with Gasteiger partial charge in [-0.05, 0) is 67.2 Å². The van der Waals surface area contributed by atoms with Crippen molar-refractivity contribution in [2.24, 2.45) is 5.41 Å². The van der Waals surface area contributed by atoms with E-state index in [0.717, 1.165) is 26.3 Å². The van der Waals surface area contributed by atoms with Gasteiger partial charge in [-0.25, -0.2) is 18.7 Å². The Labute approximate surface area is 262 Å². The van der Waals surface area contributed by atoms with Crippen molar-refractivity contribution in [1.82, 2.24) is 20.6 Å². The molecule has 16 heteroatoms. The molecule has 0 aliphatic carbocycles. The Hall–Kier alpha value is -2.64. The van der Waals surface area contributed by atoms with Crippen LogP contribution < -0.4 is 15.5 Å². The van der Waals surface area contributed by atoms with Crippen LogP contribution in [0.15, 0.2) is 29.2 Å². The van der Waals surface area contributed by atoms with Gasteiger partial charge in [-0.1, -0.05) is 5.92 Å². The number of hydrogen-bond donors (Lipinski definition) is 3. The van der Waals surface area contributed by atoms with Crippen molar-refractivity contribution in [2.45, 2.75) is 24.7 Å². The monoisotopic (exact) mass is 664 g/mol. The molecule has 0 atom stereocenters. The third-order valence-corrected chi connectivity index (χ3v) is 8.76. The summed E-state index contributed by atoms with van der Waals surface area (Å²) in [6, 6.07) is 5.76. The number of hydrogen-bond acceptors (Lipinski definition) is 10. The van der Waals surface area contributed by atoms with Gasteiger partial charge in [-0.15, -0.1) is 5.92 Å². The second-order valence-corrected chi connectivity index (χ2v) is 12.5. The predicted octanol–water partition coefficient (Wildman–Crippen LogP) is 2.09. The molecule has 1 aromatic rings. The minimum atomic E-state index is -3.86. The molecule has 3 aliphatic heterocycles. The zero-order valence-corrected chi connectivity index (χ0v) is 26.3. The summed E-state index contributed by atoms with van der Waals surface area (Å²) < 4.78 is 41.1. The van der Waals surface area contributed by atoms with Crippen molar-refractivity contribution >= 4 is 49.7 Å². The Bertz CT molecular complexity index is 1190. The van der Waals surface area contributed by atoms with Gasteiger partial charge in [0.1, 0.15) is 12.4 Å². The van der Waals surface area contributed by atoms with Crippen LogP contribution in [-0.4, -0.2) is 118 Å². The van der Waals surface area contributed by atoms with Gasteiger partial charge in [0.2, 0.25) is 0 Å². The minimum absolute atomic E-state index is 0.0494. The number of amides is 3. The van der Waals surface area contributed by atoms with E-state index in [4.69, 9.17) is 19.0 Å². The Morgan fingerprint density at radius 3 is 2.00 bits per heavy atom. The van der Waals surface area contributed by atoms with Crippen molar-refractivity contribution < 1.29 is 42.2 Å². The van der Waals surface area contributed by atoms with E-state index in [1.807, 2.05) is 0 Å². The first kappa shape index (κ1) is 36.6. The Morgan fingerprint density at radius 2 is 1.53 bits per heavy atom. The number of nitrogens with zero attached hydrogens (tertiary/aromatic N) is 2. The fraction of sp³-hybridized carbons (Fsp3) is 0.593. The van der Waals surface area contributed by atoms with Crippen LogP contribution in [0.5, 0.6) is 5.75 Å². The molecule has 0 spiro atoms. The number of morpholine rings is 2. The summed E-state index contributed by atoms with van der Waals surface area (Å²) in [4.78, 5) is 37.7. The van der Waals surface area contributed by atoms with Gasteiger partial charge in [0.25, 0.3) is 5.91 Å². The van der Waals surface area contributed by atoms with Crippen molar-refractivity contribution in [2.75, 3.05) is 78.1 Å². The molecule has 4 rings (SSSR count). The van der Waals surface area contributed by atoms with Gasteiger partial charge in [0.15, 0.2) is 9.84 Å². The molecule has 3 heterocycles. The van der Waals surface area contributed by atoms with Crippen molar-refractivity contribution in [3.63, 3.8) is 0 Å². The molecule has 13 nitrogen and oxygen atoms in total. The lowest BCUT2D eigenvalue weighted by Gasteiger charge is -2.41. The molecule has 0 aromatic heterocycles. The molecule has 0 unspecified atom stereocenters. The zero-order chi connectivity index (χ0) is 31.7. The number of likely N-dealkylation sites (tertiary alicyclic amines) is 1. The van der Waals surface area contributed by atoms with Crippen molar-refractivity contribution in [3.8, 4) is 17.6 Å². The van der Waals surface area contributed by atoms with Crippen LogP contribution in [0.1, 0.15) is 19.8 Å². The van der Waals surface area contributed by atoms with E-state index >= 15 is 0 Å². The molecule has 3 fully saturated rings. The molecule has 3 saturated heterocycles. The van der Waals surface area contributed by atoms with Gasteiger partial charge < -0.3 is 29.3 Å². The first-order valence-corrected chi connectivity index (χ1v) is 16.0. The smallest absolute Gasteiger partial charge is 0.320 e. The molecule has 240 valence electrons. The largest absolute Gasteiger partial charge is 0.481 e. The zero-order valence-electron chi connectivity index (χ0n) is 24.0. The molecule has 43 heavy (non-hydrogen) atoms. The number of nitrogens with one attached hydrogen (secondary N) is 2. The highest BCUT2D eigenvalue weighted by atomic mass is 35.5. The average molecular weight is 666 g/mol. The van der Waals surface area contributed by atoms with Crippen LogP contribution in [0.4, 0.5) is 9.59 Å². The van der Waals surface area contributed by atoms with Crippen molar-refractivity contribution in [3.05, 3.63) is 24.3 Å². The normalized spacial score (nSPS) is 17.9. The van der Waals surface area contributed by atoms with Gasteiger partial charge >= 0.3 is 10.7 Å². The Kier molecular flexibility index (Phi) is 16.1. The molecular formula is C27H38Cl2N4O9S. The fourth-order valence-electron chi connectivity index (χ4n) is 4.53.